The molecule has 0 unspecified atom stereocenters. The maximum absolute atomic E-state index is 4.37. The molecule has 4 rings (SSSR count). The summed E-state index contributed by atoms with van der Waals surface area (Å²) in [6, 6.07) is 27.2. The third-order valence-corrected chi connectivity index (χ3v) is 5.05. The Balaban J connectivity index is 1.65. The molecule has 3 heteroatoms. The molecule has 0 saturated heterocycles. The quantitative estimate of drug-likeness (QED) is 0.471. The highest BCUT2D eigenvalue weighted by Crippen LogP contribution is 2.32. The molecule has 0 aliphatic heterocycles. The molecule has 4 aromatic rings. The summed E-state index contributed by atoms with van der Waals surface area (Å²) in [6.45, 7) is 2.10. The van der Waals surface area contributed by atoms with Gasteiger partial charge in [0.2, 0.25) is 0 Å². The molecular formula is C21H16N2S. The number of nitrogens with zero attached hydrogens (tertiary/aromatic N) is 2. The van der Waals surface area contributed by atoms with E-state index in [2.05, 4.69) is 77.8 Å². The molecule has 24 heavy (non-hydrogen) atoms. The monoisotopic (exact) mass is 328 g/mol. The molecular weight excluding hydrogens is 312 g/mol. The topological polar surface area (TPSA) is 25.8 Å². The Morgan fingerprint density at radius 2 is 1.17 bits per heavy atom. The highest BCUT2D eigenvalue weighted by atomic mass is 32.1. The highest BCUT2D eigenvalue weighted by molar-refractivity contribution is 7.17. The van der Waals surface area contributed by atoms with E-state index < -0.39 is 0 Å². The van der Waals surface area contributed by atoms with Gasteiger partial charge in [-0.2, -0.15) is 0 Å². The van der Waals surface area contributed by atoms with E-state index in [1.807, 2.05) is 18.2 Å². The van der Waals surface area contributed by atoms with Gasteiger partial charge in [-0.1, -0.05) is 90.2 Å². The first-order valence-electron chi connectivity index (χ1n) is 7.86. The van der Waals surface area contributed by atoms with E-state index in [-0.39, 0.29) is 0 Å². The molecule has 1 aromatic heterocycles. The number of rotatable bonds is 3. The van der Waals surface area contributed by atoms with Gasteiger partial charge in [-0.05, 0) is 23.6 Å². The Hall–Kier alpha value is -2.78. The summed E-state index contributed by atoms with van der Waals surface area (Å²) in [5.41, 5.74) is 5.92. The lowest BCUT2D eigenvalue weighted by Crippen LogP contribution is -1.81. The van der Waals surface area contributed by atoms with E-state index in [9.17, 15) is 0 Å². The van der Waals surface area contributed by atoms with Gasteiger partial charge in [0, 0.05) is 11.1 Å². The summed E-state index contributed by atoms with van der Waals surface area (Å²) >= 11 is 1.63. The van der Waals surface area contributed by atoms with Crippen LogP contribution in [0.5, 0.6) is 0 Å². The third-order valence-electron chi connectivity index (χ3n) is 4.04. The second-order valence-electron chi connectivity index (χ2n) is 5.67. The Morgan fingerprint density at radius 3 is 1.92 bits per heavy atom. The van der Waals surface area contributed by atoms with Crippen LogP contribution in [0.4, 0.5) is 0 Å². The van der Waals surface area contributed by atoms with Gasteiger partial charge in [0.05, 0.1) is 0 Å². The third kappa shape index (κ3) is 2.86. The van der Waals surface area contributed by atoms with Gasteiger partial charge in [0.1, 0.15) is 10.0 Å². The molecule has 1 heterocycles. The molecule has 0 aliphatic rings. The second-order valence-corrected chi connectivity index (χ2v) is 6.65. The van der Waals surface area contributed by atoms with Crippen molar-refractivity contribution in [2.24, 2.45) is 0 Å². The zero-order chi connectivity index (χ0) is 16.4. The number of aromatic nitrogens is 2. The fourth-order valence-electron chi connectivity index (χ4n) is 2.70. The number of hydrogen-bond acceptors (Lipinski definition) is 3. The highest BCUT2D eigenvalue weighted by Gasteiger charge is 2.10. The van der Waals surface area contributed by atoms with Crippen LogP contribution in [-0.4, -0.2) is 10.2 Å². The van der Waals surface area contributed by atoms with E-state index in [0.29, 0.717) is 0 Å². The van der Waals surface area contributed by atoms with Crippen molar-refractivity contribution in [1.29, 1.82) is 0 Å². The number of hydrogen-bond donors (Lipinski definition) is 0. The Morgan fingerprint density at radius 1 is 0.583 bits per heavy atom. The van der Waals surface area contributed by atoms with Crippen molar-refractivity contribution in [1.82, 2.24) is 10.2 Å². The lowest BCUT2D eigenvalue weighted by Gasteiger charge is -2.02. The first kappa shape index (κ1) is 14.8. The van der Waals surface area contributed by atoms with Crippen LogP contribution >= 0.6 is 11.3 Å². The molecule has 0 radical (unpaired) electrons. The average molecular weight is 328 g/mol. The molecule has 0 N–H and O–H groups in total. The van der Waals surface area contributed by atoms with Crippen molar-refractivity contribution >= 4 is 11.3 Å². The van der Waals surface area contributed by atoms with E-state index in [1.165, 1.54) is 16.7 Å². The van der Waals surface area contributed by atoms with Crippen molar-refractivity contribution in [3.05, 3.63) is 84.4 Å². The van der Waals surface area contributed by atoms with Crippen molar-refractivity contribution in [2.75, 3.05) is 0 Å². The van der Waals surface area contributed by atoms with Crippen LogP contribution in [0.3, 0.4) is 0 Å². The van der Waals surface area contributed by atoms with Gasteiger partial charge in [-0.15, -0.1) is 10.2 Å². The standard InChI is InChI=1S/C21H16N2S/c1-15-7-5-6-10-19(15)21-23-22-20(24-21)18-13-11-17(12-14-18)16-8-3-2-4-9-16/h2-14H,1H3. The minimum absolute atomic E-state index is 0.952. The molecule has 0 atom stereocenters. The van der Waals surface area contributed by atoms with E-state index >= 15 is 0 Å². The molecule has 116 valence electrons. The normalized spacial score (nSPS) is 10.7. The zero-order valence-corrected chi connectivity index (χ0v) is 14.1. The van der Waals surface area contributed by atoms with Crippen molar-refractivity contribution in [2.45, 2.75) is 6.92 Å². The van der Waals surface area contributed by atoms with E-state index in [4.69, 9.17) is 0 Å². The maximum atomic E-state index is 4.37. The van der Waals surface area contributed by atoms with Crippen LogP contribution in [0.15, 0.2) is 78.9 Å². The Labute approximate surface area is 145 Å². The van der Waals surface area contributed by atoms with Crippen molar-refractivity contribution in [3.8, 4) is 32.3 Å². The van der Waals surface area contributed by atoms with Gasteiger partial charge in [-0.3, -0.25) is 0 Å². The van der Waals surface area contributed by atoms with Gasteiger partial charge in [0.15, 0.2) is 0 Å². The lowest BCUT2D eigenvalue weighted by atomic mass is 10.0. The summed E-state index contributed by atoms with van der Waals surface area (Å²) in [7, 11) is 0. The van der Waals surface area contributed by atoms with Crippen molar-refractivity contribution in [3.63, 3.8) is 0 Å². The van der Waals surface area contributed by atoms with Crippen molar-refractivity contribution < 1.29 is 0 Å². The van der Waals surface area contributed by atoms with Gasteiger partial charge >= 0.3 is 0 Å². The predicted octanol–water partition coefficient (Wildman–Crippen LogP) is 5.85. The van der Waals surface area contributed by atoms with Gasteiger partial charge in [0.25, 0.3) is 0 Å². The van der Waals surface area contributed by atoms with Gasteiger partial charge in [-0.25, -0.2) is 0 Å². The summed E-state index contributed by atoms with van der Waals surface area (Å²) < 4.78 is 0. The van der Waals surface area contributed by atoms with Crippen LogP contribution < -0.4 is 0 Å². The van der Waals surface area contributed by atoms with Crippen LogP contribution in [0.1, 0.15) is 5.56 Å². The molecule has 0 aliphatic carbocycles. The summed E-state index contributed by atoms with van der Waals surface area (Å²) in [5, 5.41) is 10.7. The molecule has 0 bridgehead atoms. The van der Waals surface area contributed by atoms with Crippen LogP contribution in [0.25, 0.3) is 32.3 Å². The molecule has 0 saturated carbocycles. The Bertz CT molecular complexity index is 957. The maximum Gasteiger partial charge on any atom is 0.148 e. The predicted molar refractivity (Wildman–Crippen MR) is 101 cm³/mol. The summed E-state index contributed by atoms with van der Waals surface area (Å²) in [5.74, 6) is 0. The second kappa shape index (κ2) is 6.38. The van der Waals surface area contributed by atoms with E-state index in [1.54, 1.807) is 11.3 Å². The van der Waals surface area contributed by atoms with E-state index in [0.717, 1.165) is 21.1 Å². The minimum Gasteiger partial charge on any atom is -0.138 e. The fraction of sp³-hybridized carbons (Fsp3) is 0.0476. The molecule has 0 amide bonds. The summed E-state index contributed by atoms with van der Waals surface area (Å²) in [4.78, 5) is 0. The summed E-state index contributed by atoms with van der Waals surface area (Å²) in [6.07, 6.45) is 0. The first-order valence-corrected chi connectivity index (χ1v) is 8.68. The molecule has 0 fully saturated rings. The van der Waals surface area contributed by atoms with Crippen LogP contribution in [0, 0.1) is 6.92 Å². The largest absolute Gasteiger partial charge is 0.148 e. The molecule has 2 nitrogen and oxygen atoms in total. The van der Waals surface area contributed by atoms with Gasteiger partial charge < -0.3 is 0 Å². The minimum atomic E-state index is 0.952. The number of aryl methyl sites for hydroxylation is 1. The van der Waals surface area contributed by atoms with Crippen LogP contribution in [-0.2, 0) is 0 Å². The molecule has 0 spiro atoms. The number of benzene rings is 3. The fourth-order valence-corrected chi connectivity index (χ4v) is 3.64. The smallest absolute Gasteiger partial charge is 0.138 e. The SMILES string of the molecule is Cc1ccccc1-c1nnc(-c2ccc(-c3ccccc3)cc2)s1. The Kier molecular flexibility index (Phi) is 3.93. The zero-order valence-electron chi connectivity index (χ0n) is 13.3. The lowest BCUT2D eigenvalue weighted by molar-refractivity contribution is 1.10. The molecule has 3 aromatic carbocycles. The average Bonchev–Trinajstić information content (AvgIpc) is 3.13. The first-order chi connectivity index (χ1) is 11.8. The van der Waals surface area contributed by atoms with Crippen LogP contribution in [0.2, 0.25) is 0 Å².